The van der Waals surface area contributed by atoms with Crippen LogP contribution in [0, 0.1) is 0 Å². The Kier molecular flexibility index (Phi) is 3.18. The molecular formula is C12H13N3O3. The molecule has 0 bridgehead atoms. The van der Waals surface area contributed by atoms with Gasteiger partial charge in [0.15, 0.2) is 0 Å². The molecule has 0 saturated heterocycles. The Morgan fingerprint density at radius 1 is 1.22 bits per heavy atom. The topological polar surface area (TPSA) is 79.4 Å². The predicted octanol–water partition coefficient (Wildman–Crippen LogP) is 1.16. The smallest absolute Gasteiger partial charge is 0.311 e. The minimum absolute atomic E-state index is 0.0673. The number of nitrogens with two attached hydrogens (primary N) is 1. The number of methoxy groups -OCH3 is 1. The standard InChI is InChI=1S/C12H13N3O3/c1-15-12(16)11(10(13)7-14-15)18-9-5-3-8(17-2)4-6-9/h3-7H,13H2,1-2H3. The molecule has 0 aliphatic heterocycles. The van der Waals surface area contributed by atoms with Crippen LogP contribution in [0.2, 0.25) is 0 Å². The Balaban J connectivity index is 2.33. The summed E-state index contributed by atoms with van der Waals surface area (Å²) >= 11 is 0. The molecule has 2 rings (SSSR count). The molecular weight excluding hydrogens is 234 g/mol. The number of benzene rings is 1. The molecule has 18 heavy (non-hydrogen) atoms. The number of hydrogen-bond acceptors (Lipinski definition) is 5. The van der Waals surface area contributed by atoms with Gasteiger partial charge in [-0.05, 0) is 24.3 Å². The minimum Gasteiger partial charge on any atom is -0.497 e. The highest BCUT2D eigenvalue weighted by Crippen LogP contribution is 2.24. The molecule has 0 spiro atoms. The first kappa shape index (κ1) is 12.0. The number of nitrogens with zero attached hydrogens (tertiary/aromatic N) is 2. The molecule has 2 aromatic rings. The Bertz CT molecular complexity index is 605. The molecule has 6 nitrogen and oxygen atoms in total. The van der Waals surface area contributed by atoms with Crippen molar-refractivity contribution < 1.29 is 9.47 Å². The van der Waals surface area contributed by atoms with Crippen molar-refractivity contribution in [2.45, 2.75) is 0 Å². The molecule has 2 N–H and O–H groups in total. The fourth-order valence-corrected chi connectivity index (χ4v) is 1.39. The van der Waals surface area contributed by atoms with Gasteiger partial charge < -0.3 is 15.2 Å². The first-order chi connectivity index (χ1) is 8.61. The van der Waals surface area contributed by atoms with E-state index in [9.17, 15) is 4.79 Å². The molecule has 0 amide bonds. The molecule has 0 atom stereocenters. The summed E-state index contributed by atoms with van der Waals surface area (Å²) in [5.74, 6) is 1.28. The maximum atomic E-state index is 11.8. The van der Waals surface area contributed by atoms with Gasteiger partial charge in [-0.3, -0.25) is 4.79 Å². The summed E-state index contributed by atoms with van der Waals surface area (Å²) in [6.07, 6.45) is 1.38. The van der Waals surface area contributed by atoms with Gasteiger partial charge in [0.25, 0.3) is 0 Å². The lowest BCUT2D eigenvalue weighted by atomic mass is 10.3. The van der Waals surface area contributed by atoms with Crippen LogP contribution in [-0.4, -0.2) is 16.9 Å². The van der Waals surface area contributed by atoms with Crippen LogP contribution in [0.25, 0.3) is 0 Å². The zero-order chi connectivity index (χ0) is 13.1. The second kappa shape index (κ2) is 4.79. The van der Waals surface area contributed by atoms with Crippen LogP contribution in [0.5, 0.6) is 17.2 Å². The van der Waals surface area contributed by atoms with Gasteiger partial charge in [-0.15, -0.1) is 0 Å². The van der Waals surface area contributed by atoms with Crippen molar-refractivity contribution >= 4 is 5.69 Å². The average Bonchev–Trinajstić information content (AvgIpc) is 2.40. The number of anilines is 1. The number of aromatic nitrogens is 2. The summed E-state index contributed by atoms with van der Waals surface area (Å²) in [6.45, 7) is 0. The third-order valence-electron chi connectivity index (χ3n) is 2.40. The maximum Gasteiger partial charge on any atom is 0.311 e. The molecule has 0 aliphatic rings. The zero-order valence-corrected chi connectivity index (χ0v) is 10.1. The number of aryl methyl sites for hydroxylation is 1. The lowest BCUT2D eigenvalue weighted by Crippen LogP contribution is -2.21. The van der Waals surface area contributed by atoms with Gasteiger partial charge in [-0.1, -0.05) is 0 Å². The van der Waals surface area contributed by atoms with E-state index in [-0.39, 0.29) is 17.0 Å². The molecule has 6 heteroatoms. The highest BCUT2D eigenvalue weighted by atomic mass is 16.5. The summed E-state index contributed by atoms with van der Waals surface area (Å²) < 4.78 is 11.7. The third kappa shape index (κ3) is 2.27. The van der Waals surface area contributed by atoms with Gasteiger partial charge in [0.05, 0.1) is 13.3 Å². The number of nitrogen functional groups attached to an aromatic ring is 1. The molecule has 1 aromatic carbocycles. The fraction of sp³-hybridized carbons (Fsp3) is 0.167. The van der Waals surface area contributed by atoms with Crippen LogP contribution in [0.15, 0.2) is 35.3 Å². The van der Waals surface area contributed by atoms with E-state index in [0.717, 1.165) is 4.68 Å². The van der Waals surface area contributed by atoms with Crippen LogP contribution in [0.3, 0.4) is 0 Å². The van der Waals surface area contributed by atoms with Crippen LogP contribution in [0.1, 0.15) is 0 Å². The van der Waals surface area contributed by atoms with Crippen LogP contribution < -0.4 is 20.8 Å². The van der Waals surface area contributed by atoms with Crippen molar-refractivity contribution in [1.29, 1.82) is 0 Å². The normalized spacial score (nSPS) is 10.1. The second-order valence-corrected chi connectivity index (χ2v) is 3.64. The lowest BCUT2D eigenvalue weighted by molar-refractivity contribution is 0.412. The van der Waals surface area contributed by atoms with Gasteiger partial charge in [0, 0.05) is 7.05 Å². The van der Waals surface area contributed by atoms with Crippen molar-refractivity contribution in [2.75, 3.05) is 12.8 Å². The first-order valence-corrected chi connectivity index (χ1v) is 5.25. The van der Waals surface area contributed by atoms with Crippen molar-refractivity contribution in [3.63, 3.8) is 0 Å². The lowest BCUT2D eigenvalue weighted by Gasteiger charge is -2.08. The van der Waals surface area contributed by atoms with Gasteiger partial charge in [0.2, 0.25) is 5.75 Å². The van der Waals surface area contributed by atoms with Crippen LogP contribution in [0.4, 0.5) is 5.69 Å². The van der Waals surface area contributed by atoms with E-state index in [2.05, 4.69) is 5.10 Å². The summed E-state index contributed by atoms with van der Waals surface area (Å²) in [5.41, 5.74) is 5.49. The van der Waals surface area contributed by atoms with Gasteiger partial charge in [-0.25, -0.2) is 4.68 Å². The Labute approximate surface area is 104 Å². The van der Waals surface area contributed by atoms with E-state index >= 15 is 0 Å². The first-order valence-electron chi connectivity index (χ1n) is 5.25. The summed E-state index contributed by atoms with van der Waals surface area (Å²) in [7, 11) is 3.11. The molecule has 1 aromatic heterocycles. The second-order valence-electron chi connectivity index (χ2n) is 3.64. The SMILES string of the molecule is COc1ccc(Oc2c(N)cnn(C)c2=O)cc1. The number of ether oxygens (including phenoxy) is 2. The summed E-state index contributed by atoms with van der Waals surface area (Å²) in [5, 5.41) is 3.79. The van der Waals surface area contributed by atoms with Gasteiger partial charge >= 0.3 is 5.56 Å². The molecule has 0 radical (unpaired) electrons. The molecule has 0 aliphatic carbocycles. The highest BCUT2D eigenvalue weighted by Gasteiger charge is 2.09. The summed E-state index contributed by atoms with van der Waals surface area (Å²) in [6, 6.07) is 6.85. The third-order valence-corrected chi connectivity index (χ3v) is 2.40. The predicted molar refractivity (Wildman–Crippen MR) is 67.0 cm³/mol. The van der Waals surface area contributed by atoms with E-state index in [0.29, 0.717) is 11.5 Å². The van der Waals surface area contributed by atoms with Crippen molar-refractivity contribution in [3.8, 4) is 17.2 Å². The van der Waals surface area contributed by atoms with E-state index < -0.39 is 0 Å². The monoisotopic (exact) mass is 247 g/mol. The van der Waals surface area contributed by atoms with E-state index in [1.807, 2.05) is 0 Å². The van der Waals surface area contributed by atoms with Crippen LogP contribution in [-0.2, 0) is 7.05 Å². The fourth-order valence-electron chi connectivity index (χ4n) is 1.39. The number of hydrogen-bond donors (Lipinski definition) is 1. The van der Waals surface area contributed by atoms with Crippen molar-refractivity contribution in [2.24, 2.45) is 7.05 Å². The molecule has 1 heterocycles. The Morgan fingerprint density at radius 3 is 2.44 bits per heavy atom. The van der Waals surface area contributed by atoms with E-state index in [4.69, 9.17) is 15.2 Å². The summed E-state index contributed by atoms with van der Waals surface area (Å²) in [4.78, 5) is 11.8. The average molecular weight is 247 g/mol. The van der Waals surface area contributed by atoms with Gasteiger partial charge in [-0.2, -0.15) is 5.10 Å². The minimum atomic E-state index is -0.384. The van der Waals surface area contributed by atoms with Crippen molar-refractivity contribution in [3.05, 3.63) is 40.8 Å². The zero-order valence-electron chi connectivity index (χ0n) is 10.1. The van der Waals surface area contributed by atoms with Crippen LogP contribution >= 0.6 is 0 Å². The highest BCUT2D eigenvalue weighted by molar-refractivity contribution is 5.50. The molecule has 0 unspecified atom stereocenters. The quantitative estimate of drug-likeness (QED) is 0.880. The number of rotatable bonds is 3. The van der Waals surface area contributed by atoms with E-state index in [1.54, 1.807) is 31.4 Å². The molecule has 94 valence electrons. The van der Waals surface area contributed by atoms with E-state index in [1.165, 1.54) is 13.2 Å². The molecule has 0 saturated carbocycles. The van der Waals surface area contributed by atoms with Gasteiger partial charge in [0.1, 0.15) is 17.2 Å². The largest absolute Gasteiger partial charge is 0.497 e. The molecule has 0 fully saturated rings. The Hall–Kier alpha value is -2.50. The van der Waals surface area contributed by atoms with Crippen molar-refractivity contribution in [1.82, 2.24) is 9.78 Å². The Morgan fingerprint density at radius 2 is 1.83 bits per heavy atom. The maximum absolute atomic E-state index is 11.8.